The number of carbonyl (C=O) groups is 1. The first-order valence-electron chi connectivity index (χ1n) is 8.99. The zero-order valence-electron chi connectivity index (χ0n) is 15.8. The second-order valence-corrected chi connectivity index (χ2v) is 7.82. The van der Waals surface area contributed by atoms with Crippen LogP contribution in [0.2, 0.25) is 0 Å². The van der Waals surface area contributed by atoms with Crippen LogP contribution in [0, 0.1) is 13.8 Å². The molecule has 0 saturated carbocycles. The van der Waals surface area contributed by atoms with Gasteiger partial charge in [-0.15, -0.1) is 11.3 Å². The van der Waals surface area contributed by atoms with Crippen molar-refractivity contribution >= 4 is 33.1 Å². The predicted octanol–water partition coefficient (Wildman–Crippen LogP) is 5.35. The van der Waals surface area contributed by atoms with Crippen LogP contribution in [0.3, 0.4) is 0 Å². The molecule has 2 heterocycles. The van der Waals surface area contributed by atoms with E-state index in [9.17, 15) is 13.6 Å². The number of rotatable bonds is 5. The highest BCUT2D eigenvalue weighted by Crippen LogP contribution is 2.31. The molecule has 0 aliphatic rings. The van der Waals surface area contributed by atoms with Gasteiger partial charge in [0.15, 0.2) is 0 Å². The van der Waals surface area contributed by atoms with Crippen molar-refractivity contribution in [3.63, 3.8) is 0 Å². The van der Waals surface area contributed by atoms with Gasteiger partial charge in [-0.1, -0.05) is 6.07 Å². The van der Waals surface area contributed by atoms with Gasteiger partial charge in [-0.2, -0.15) is 5.10 Å². The number of anilines is 1. The fourth-order valence-electron chi connectivity index (χ4n) is 2.99. The molecule has 0 radical (unpaired) electrons. The molecule has 0 bridgehead atoms. The largest absolute Gasteiger partial charge is 0.324 e. The molecule has 0 aliphatic carbocycles. The molecule has 148 valence electrons. The Morgan fingerprint density at radius 3 is 2.59 bits per heavy atom. The third-order valence-corrected chi connectivity index (χ3v) is 5.54. The Morgan fingerprint density at radius 2 is 1.90 bits per heavy atom. The third-order valence-electron chi connectivity index (χ3n) is 4.48. The van der Waals surface area contributed by atoms with Crippen molar-refractivity contribution < 1.29 is 13.6 Å². The minimum absolute atomic E-state index is 0.127. The van der Waals surface area contributed by atoms with E-state index in [0.717, 1.165) is 20.8 Å². The summed E-state index contributed by atoms with van der Waals surface area (Å²) in [4.78, 5) is 16.9. The van der Waals surface area contributed by atoms with Crippen molar-refractivity contribution in [3.8, 4) is 10.6 Å². The Morgan fingerprint density at radius 1 is 1.14 bits per heavy atom. The standard InChI is InChI=1S/C21H18F2N4OS/c1-12-3-8-16-18(9-12)29-21(25-16)14-4-6-15(7-5-14)24-19(28)11-27-13(2)10-17(26-27)20(22)23/h3-10,20H,11H2,1-2H3,(H,24,28). The van der Waals surface area contributed by atoms with Crippen LogP contribution in [0.5, 0.6) is 0 Å². The summed E-state index contributed by atoms with van der Waals surface area (Å²) in [5, 5.41) is 7.45. The zero-order valence-corrected chi connectivity index (χ0v) is 16.6. The van der Waals surface area contributed by atoms with Crippen molar-refractivity contribution in [1.29, 1.82) is 0 Å². The molecule has 4 rings (SSSR count). The molecule has 29 heavy (non-hydrogen) atoms. The summed E-state index contributed by atoms with van der Waals surface area (Å²) in [6.07, 6.45) is -2.66. The van der Waals surface area contributed by atoms with Gasteiger partial charge in [0.2, 0.25) is 5.91 Å². The summed E-state index contributed by atoms with van der Waals surface area (Å²) in [6, 6.07) is 14.8. The fraction of sp³-hybridized carbons (Fsp3) is 0.190. The van der Waals surface area contributed by atoms with Gasteiger partial charge >= 0.3 is 0 Å². The van der Waals surface area contributed by atoms with E-state index in [1.165, 1.54) is 16.3 Å². The summed E-state index contributed by atoms with van der Waals surface area (Å²) in [7, 11) is 0. The number of amides is 1. The third kappa shape index (κ3) is 4.17. The van der Waals surface area contributed by atoms with Gasteiger partial charge in [0.1, 0.15) is 17.2 Å². The average molecular weight is 412 g/mol. The number of halogens is 2. The second kappa shape index (κ2) is 7.71. The van der Waals surface area contributed by atoms with E-state index >= 15 is 0 Å². The molecule has 1 N–H and O–H groups in total. The Bertz CT molecular complexity index is 1180. The summed E-state index contributed by atoms with van der Waals surface area (Å²) in [6.45, 7) is 3.56. The summed E-state index contributed by atoms with van der Waals surface area (Å²) in [5.41, 5.74) is 3.92. The number of nitrogens with one attached hydrogen (secondary N) is 1. The van der Waals surface area contributed by atoms with E-state index in [4.69, 9.17) is 0 Å². The molecule has 4 aromatic rings. The number of alkyl halides is 2. The van der Waals surface area contributed by atoms with Crippen molar-refractivity contribution in [2.24, 2.45) is 0 Å². The Labute approximate surface area is 170 Å². The lowest BCUT2D eigenvalue weighted by Crippen LogP contribution is -2.20. The SMILES string of the molecule is Cc1ccc2nc(-c3ccc(NC(=O)Cn4nc(C(F)F)cc4C)cc3)sc2c1. The van der Waals surface area contributed by atoms with Gasteiger partial charge in [-0.25, -0.2) is 13.8 Å². The molecule has 0 fully saturated rings. The summed E-state index contributed by atoms with van der Waals surface area (Å²) >= 11 is 1.62. The van der Waals surface area contributed by atoms with Crippen LogP contribution < -0.4 is 5.32 Å². The Balaban J connectivity index is 1.45. The molecular formula is C21H18F2N4OS. The molecular weight excluding hydrogens is 394 g/mol. The van der Waals surface area contributed by atoms with Crippen molar-refractivity contribution in [3.05, 3.63) is 65.5 Å². The molecule has 2 aromatic carbocycles. The predicted molar refractivity (Wildman–Crippen MR) is 110 cm³/mol. The quantitative estimate of drug-likeness (QED) is 0.480. The number of hydrogen-bond donors (Lipinski definition) is 1. The Kier molecular flexibility index (Phi) is 5.10. The number of nitrogens with zero attached hydrogens (tertiary/aromatic N) is 3. The lowest BCUT2D eigenvalue weighted by Gasteiger charge is -2.07. The van der Waals surface area contributed by atoms with Crippen LogP contribution >= 0.6 is 11.3 Å². The van der Waals surface area contributed by atoms with Crippen LogP contribution in [0.1, 0.15) is 23.4 Å². The molecule has 8 heteroatoms. The van der Waals surface area contributed by atoms with Gasteiger partial charge in [0, 0.05) is 16.9 Å². The van der Waals surface area contributed by atoms with Crippen LogP contribution in [-0.4, -0.2) is 20.7 Å². The van der Waals surface area contributed by atoms with Crippen molar-refractivity contribution in [1.82, 2.24) is 14.8 Å². The summed E-state index contributed by atoms with van der Waals surface area (Å²) in [5.74, 6) is -0.333. The number of carbonyl (C=O) groups excluding carboxylic acids is 1. The first-order chi connectivity index (χ1) is 13.9. The second-order valence-electron chi connectivity index (χ2n) is 6.78. The number of benzene rings is 2. The van der Waals surface area contributed by atoms with Gasteiger partial charge in [0.25, 0.3) is 6.43 Å². The Hall–Kier alpha value is -3.13. The molecule has 1 amide bonds. The minimum Gasteiger partial charge on any atom is -0.324 e. The van der Waals surface area contributed by atoms with Crippen LogP contribution in [-0.2, 0) is 11.3 Å². The van der Waals surface area contributed by atoms with Crippen LogP contribution in [0.15, 0.2) is 48.5 Å². The average Bonchev–Trinajstić information content (AvgIpc) is 3.26. The normalized spacial score (nSPS) is 11.3. The van der Waals surface area contributed by atoms with Gasteiger partial charge < -0.3 is 5.32 Å². The highest BCUT2D eigenvalue weighted by Gasteiger charge is 2.15. The maximum absolute atomic E-state index is 12.7. The fourth-order valence-corrected chi connectivity index (χ4v) is 4.06. The summed E-state index contributed by atoms with van der Waals surface area (Å²) < 4.78 is 27.9. The number of aryl methyl sites for hydroxylation is 2. The maximum atomic E-state index is 12.7. The van der Waals surface area contributed by atoms with E-state index in [1.807, 2.05) is 24.3 Å². The van der Waals surface area contributed by atoms with Gasteiger partial charge in [-0.05, 0) is 61.9 Å². The molecule has 2 aromatic heterocycles. The van der Waals surface area contributed by atoms with E-state index in [-0.39, 0.29) is 18.1 Å². The van der Waals surface area contributed by atoms with Gasteiger partial charge in [0.05, 0.1) is 10.2 Å². The van der Waals surface area contributed by atoms with E-state index < -0.39 is 6.43 Å². The van der Waals surface area contributed by atoms with E-state index in [2.05, 4.69) is 28.4 Å². The van der Waals surface area contributed by atoms with Gasteiger partial charge in [-0.3, -0.25) is 9.48 Å². The highest BCUT2D eigenvalue weighted by molar-refractivity contribution is 7.21. The molecule has 5 nitrogen and oxygen atoms in total. The topological polar surface area (TPSA) is 59.8 Å². The van der Waals surface area contributed by atoms with E-state index in [1.54, 1.807) is 30.4 Å². The molecule has 0 spiro atoms. The number of thiazole rings is 1. The number of aromatic nitrogens is 3. The molecule has 0 aliphatic heterocycles. The molecule has 0 unspecified atom stereocenters. The minimum atomic E-state index is -2.66. The first kappa shape index (κ1) is 19.2. The molecule has 0 atom stereocenters. The number of fused-ring (bicyclic) bond motifs is 1. The van der Waals surface area contributed by atoms with Crippen LogP contribution in [0.25, 0.3) is 20.8 Å². The first-order valence-corrected chi connectivity index (χ1v) is 9.80. The lowest BCUT2D eigenvalue weighted by molar-refractivity contribution is -0.117. The van der Waals surface area contributed by atoms with E-state index in [0.29, 0.717) is 11.4 Å². The van der Waals surface area contributed by atoms with Crippen molar-refractivity contribution in [2.45, 2.75) is 26.8 Å². The number of hydrogen-bond acceptors (Lipinski definition) is 4. The molecule has 0 saturated heterocycles. The monoisotopic (exact) mass is 412 g/mol. The van der Waals surface area contributed by atoms with Crippen molar-refractivity contribution in [2.75, 3.05) is 5.32 Å². The maximum Gasteiger partial charge on any atom is 0.282 e. The highest BCUT2D eigenvalue weighted by atomic mass is 32.1. The lowest BCUT2D eigenvalue weighted by atomic mass is 10.2. The smallest absolute Gasteiger partial charge is 0.282 e. The van der Waals surface area contributed by atoms with Crippen LogP contribution in [0.4, 0.5) is 14.5 Å². The zero-order chi connectivity index (χ0) is 20.5.